The van der Waals surface area contributed by atoms with Gasteiger partial charge in [-0.1, -0.05) is 12.1 Å². The molecule has 2 amide bonds. The summed E-state index contributed by atoms with van der Waals surface area (Å²) in [7, 11) is 1.54. The second kappa shape index (κ2) is 8.43. The number of hydrogen-bond donors (Lipinski definition) is 1. The molecule has 1 N–H and O–H groups in total. The van der Waals surface area contributed by atoms with Crippen LogP contribution < -0.4 is 5.32 Å². The van der Waals surface area contributed by atoms with Gasteiger partial charge in [-0.15, -0.1) is 0 Å². The summed E-state index contributed by atoms with van der Waals surface area (Å²) in [4.78, 5) is 26.7. The highest BCUT2D eigenvalue weighted by Crippen LogP contribution is 2.33. The second-order valence-electron chi connectivity index (χ2n) is 7.11. The van der Waals surface area contributed by atoms with Gasteiger partial charge in [0, 0.05) is 30.5 Å². The molecule has 160 valence electrons. The van der Waals surface area contributed by atoms with Crippen molar-refractivity contribution in [1.82, 2.24) is 4.90 Å². The molecule has 0 bridgehead atoms. The summed E-state index contributed by atoms with van der Waals surface area (Å²) < 4.78 is 57.1. The smallest absolute Gasteiger partial charge is 0.383 e. The molecule has 0 spiro atoms. The molecule has 0 aliphatic carbocycles. The molecule has 0 radical (unpaired) electrons. The molecule has 0 saturated carbocycles. The standard InChI is InChI=1S/C21H20F4N2O3/c1-12(11-30-2)27-10-15-14(20(27)29)4-3-5-18(15)26-19(28)9-13-6-7-17(22)16(8-13)21(23,24)25/h3-8,12H,9-11H2,1-2H3,(H,26,28). The summed E-state index contributed by atoms with van der Waals surface area (Å²) in [5.74, 6) is -2.14. The van der Waals surface area contributed by atoms with Crippen LogP contribution in [0, 0.1) is 5.82 Å². The topological polar surface area (TPSA) is 58.6 Å². The van der Waals surface area contributed by atoms with E-state index in [1.807, 2.05) is 6.92 Å². The fraction of sp³-hybridized carbons (Fsp3) is 0.333. The van der Waals surface area contributed by atoms with Gasteiger partial charge in [0.1, 0.15) is 5.82 Å². The van der Waals surface area contributed by atoms with Gasteiger partial charge >= 0.3 is 6.18 Å². The summed E-state index contributed by atoms with van der Waals surface area (Å²) >= 11 is 0. The van der Waals surface area contributed by atoms with E-state index >= 15 is 0 Å². The van der Waals surface area contributed by atoms with Crippen molar-refractivity contribution in [3.05, 3.63) is 64.5 Å². The number of halogens is 4. The highest BCUT2D eigenvalue weighted by atomic mass is 19.4. The first-order valence-electron chi connectivity index (χ1n) is 9.19. The summed E-state index contributed by atoms with van der Waals surface area (Å²) in [6.45, 7) is 2.48. The average Bonchev–Trinajstić information content (AvgIpc) is 3.01. The zero-order chi connectivity index (χ0) is 22.1. The monoisotopic (exact) mass is 424 g/mol. The molecule has 30 heavy (non-hydrogen) atoms. The van der Waals surface area contributed by atoms with E-state index < -0.39 is 23.5 Å². The molecule has 0 saturated heterocycles. The van der Waals surface area contributed by atoms with E-state index in [4.69, 9.17) is 4.74 Å². The van der Waals surface area contributed by atoms with E-state index in [1.54, 1.807) is 23.1 Å². The molecule has 1 heterocycles. The minimum absolute atomic E-state index is 0.0280. The maximum absolute atomic E-state index is 13.4. The summed E-state index contributed by atoms with van der Waals surface area (Å²) in [5, 5.41) is 2.65. The van der Waals surface area contributed by atoms with E-state index in [9.17, 15) is 27.2 Å². The lowest BCUT2D eigenvalue weighted by Gasteiger charge is -2.23. The van der Waals surface area contributed by atoms with Gasteiger partial charge in [-0.2, -0.15) is 13.2 Å². The first kappa shape index (κ1) is 21.8. The van der Waals surface area contributed by atoms with Gasteiger partial charge in [-0.25, -0.2) is 4.39 Å². The van der Waals surface area contributed by atoms with Crippen molar-refractivity contribution in [2.75, 3.05) is 19.0 Å². The number of methoxy groups -OCH3 is 1. The van der Waals surface area contributed by atoms with Crippen LogP contribution in [0.4, 0.5) is 23.2 Å². The Morgan fingerprint density at radius 3 is 2.67 bits per heavy atom. The van der Waals surface area contributed by atoms with Gasteiger partial charge in [0.25, 0.3) is 5.91 Å². The van der Waals surface area contributed by atoms with Gasteiger partial charge in [0.05, 0.1) is 24.6 Å². The molecule has 2 aromatic rings. The van der Waals surface area contributed by atoms with Gasteiger partial charge in [0.2, 0.25) is 5.91 Å². The number of anilines is 1. The van der Waals surface area contributed by atoms with Gasteiger partial charge in [-0.05, 0) is 36.8 Å². The Balaban J connectivity index is 1.77. The van der Waals surface area contributed by atoms with Crippen molar-refractivity contribution in [1.29, 1.82) is 0 Å². The first-order valence-corrected chi connectivity index (χ1v) is 9.19. The van der Waals surface area contributed by atoms with Crippen molar-refractivity contribution < 1.29 is 31.9 Å². The summed E-state index contributed by atoms with van der Waals surface area (Å²) in [5.41, 5.74) is 0.115. The maximum atomic E-state index is 13.4. The molecular formula is C21H20F4N2O3. The minimum atomic E-state index is -4.85. The van der Waals surface area contributed by atoms with Crippen LogP contribution >= 0.6 is 0 Å². The quantitative estimate of drug-likeness (QED) is 0.713. The molecule has 3 rings (SSSR count). The van der Waals surface area contributed by atoms with Crippen LogP contribution in [0.3, 0.4) is 0 Å². The third-order valence-electron chi connectivity index (χ3n) is 4.91. The molecular weight excluding hydrogens is 404 g/mol. The minimum Gasteiger partial charge on any atom is -0.383 e. The van der Waals surface area contributed by atoms with Gasteiger partial charge in [0.15, 0.2) is 0 Å². The molecule has 1 unspecified atom stereocenters. The fourth-order valence-corrected chi connectivity index (χ4v) is 3.44. The largest absolute Gasteiger partial charge is 0.419 e. The maximum Gasteiger partial charge on any atom is 0.419 e. The van der Waals surface area contributed by atoms with Gasteiger partial charge in [-0.3, -0.25) is 9.59 Å². The number of carbonyl (C=O) groups excluding carboxylic acids is 2. The SMILES string of the molecule is COCC(C)N1Cc2c(NC(=O)Cc3ccc(F)c(C(F)(F)F)c3)cccc2C1=O. The number of benzene rings is 2. The number of alkyl halides is 3. The van der Waals surface area contributed by atoms with Crippen molar-refractivity contribution in [3.8, 4) is 0 Å². The molecule has 1 atom stereocenters. The van der Waals surface area contributed by atoms with Crippen LogP contribution in [0.5, 0.6) is 0 Å². The second-order valence-corrected chi connectivity index (χ2v) is 7.11. The lowest BCUT2D eigenvalue weighted by molar-refractivity contribution is -0.140. The number of nitrogens with zero attached hydrogens (tertiary/aromatic N) is 1. The average molecular weight is 424 g/mol. The first-order chi connectivity index (χ1) is 14.1. The Morgan fingerprint density at radius 2 is 2.00 bits per heavy atom. The lowest BCUT2D eigenvalue weighted by Crippen LogP contribution is -2.36. The predicted octanol–water partition coefficient (Wildman–Crippen LogP) is 4.02. The number of fused-ring (bicyclic) bond motifs is 1. The van der Waals surface area contributed by atoms with E-state index in [2.05, 4.69) is 5.32 Å². The third kappa shape index (κ3) is 4.46. The molecule has 9 heteroatoms. The number of rotatable bonds is 6. The van der Waals surface area contributed by atoms with Crippen LogP contribution in [-0.4, -0.2) is 36.5 Å². The van der Waals surface area contributed by atoms with Crippen LogP contribution in [0.2, 0.25) is 0 Å². The molecule has 0 fully saturated rings. The van der Waals surface area contributed by atoms with Gasteiger partial charge < -0.3 is 15.0 Å². The normalized spacial score (nSPS) is 14.6. The Kier molecular flexibility index (Phi) is 6.12. The van der Waals surface area contributed by atoms with Crippen LogP contribution in [0.1, 0.15) is 34.0 Å². The third-order valence-corrected chi connectivity index (χ3v) is 4.91. The van der Waals surface area contributed by atoms with E-state index in [0.29, 0.717) is 35.6 Å². The number of carbonyl (C=O) groups is 2. The zero-order valence-corrected chi connectivity index (χ0v) is 16.3. The van der Waals surface area contributed by atoms with Crippen molar-refractivity contribution in [2.45, 2.75) is 32.1 Å². The number of amides is 2. The number of nitrogens with one attached hydrogen (secondary N) is 1. The van der Waals surface area contributed by atoms with Crippen LogP contribution in [0.15, 0.2) is 36.4 Å². The Bertz CT molecular complexity index is 975. The zero-order valence-electron chi connectivity index (χ0n) is 16.3. The highest BCUT2D eigenvalue weighted by molar-refractivity contribution is 6.02. The fourth-order valence-electron chi connectivity index (χ4n) is 3.44. The molecule has 2 aromatic carbocycles. The molecule has 5 nitrogen and oxygen atoms in total. The highest BCUT2D eigenvalue weighted by Gasteiger charge is 2.35. The Labute approximate surface area is 170 Å². The van der Waals surface area contributed by atoms with Crippen LogP contribution in [-0.2, 0) is 28.7 Å². The summed E-state index contributed by atoms with van der Waals surface area (Å²) in [6.07, 6.45) is -5.22. The van der Waals surface area contributed by atoms with Crippen molar-refractivity contribution in [2.24, 2.45) is 0 Å². The van der Waals surface area contributed by atoms with Crippen molar-refractivity contribution >= 4 is 17.5 Å². The number of hydrogen-bond acceptors (Lipinski definition) is 3. The van der Waals surface area contributed by atoms with Crippen LogP contribution in [0.25, 0.3) is 0 Å². The van der Waals surface area contributed by atoms with E-state index in [-0.39, 0.29) is 30.5 Å². The van der Waals surface area contributed by atoms with E-state index in [0.717, 1.165) is 6.07 Å². The lowest BCUT2D eigenvalue weighted by atomic mass is 10.1. The van der Waals surface area contributed by atoms with E-state index in [1.165, 1.54) is 7.11 Å². The van der Waals surface area contributed by atoms with Crippen molar-refractivity contribution in [3.63, 3.8) is 0 Å². The summed E-state index contributed by atoms with van der Waals surface area (Å²) in [6, 6.07) is 7.19. The molecule has 1 aliphatic heterocycles. The molecule has 1 aliphatic rings. The Hall–Kier alpha value is -2.94. The number of ether oxygens (including phenoxy) is 1. The molecule has 0 aromatic heterocycles. The predicted molar refractivity (Wildman–Crippen MR) is 101 cm³/mol. The Morgan fingerprint density at radius 1 is 1.27 bits per heavy atom.